The average Bonchev–Trinajstić information content (AvgIpc) is 2.70. The van der Waals surface area contributed by atoms with Crippen LogP contribution in [-0.4, -0.2) is 9.55 Å². The molecule has 1 aromatic heterocycles. The van der Waals surface area contributed by atoms with Gasteiger partial charge in [0.2, 0.25) is 0 Å². The van der Waals surface area contributed by atoms with Crippen LogP contribution in [0.3, 0.4) is 0 Å². The van der Waals surface area contributed by atoms with Gasteiger partial charge in [0.25, 0.3) is 0 Å². The summed E-state index contributed by atoms with van der Waals surface area (Å²) in [7, 11) is 0. The zero-order valence-electron chi connectivity index (χ0n) is 8.28. The third-order valence-electron chi connectivity index (χ3n) is 2.23. The maximum absolute atomic E-state index is 6.28. The number of rotatable bonds is 3. The molecular formula is C11H9Cl3N2. The van der Waals surface area contributed by atoms with Gasteiger partial charge in [0.05, 0.1) is 11.7 Å². The van der Waals surface area contributed by atoms with Gasteiger partial charge in [-0.3, -0.25) is 0 Å². The summed E-state index contributed by atoms with van der Waals surface area (Å²) in [6, 6.07) is 5.33. The normalized spacial score (nSPS) is 12.7. The molecule has 0 saturated carbocycles. The van der Waals surface area contributed by atoms with Crippen molar-refractivity contribution >= 4 is 34.8 Å². The molecule has 84 valence electrons. The quantitative estimate of drug-likeness (QED) is 0.769. The molecular weight excluding hydrogens is 266 g/mol. The smallest absolute Gasteiger partial charge is 0.0946 e. The molecule has 0 radical (unpaired) electrons. The standard InChI is InChI=1S/C11H9Cl3N2/c12-8-1-2-9(10(13)5-8)11(14)6-16-4-3-15-7-16/h1-5,7,11H,6H2/t11-/m0/s1. The van der Waals surface area contributed by atoms with Crippen LogP contribution in [0.5, 0.6) is 0 Å². The Hall–Kier alpha value is -0.700. The molecule has 2 aromatic rings. The molecule has 0 fully saturated rings. The first-order valence-electron chi connectivity index (χ1n) is 4.71. The third-order valence-corrected chi connectivity index (χ3v) is 3.17. The number of hydrogen-bond acceptors (Lipinski definition) is 1. The molecule has 0 bridgehead atoms. The van der Waals surface area contributed by atoms with Gasteiger partial charge in [-0.25, -0.2) is 4.98 Å². The molecule has 0 aliphatic heterocycles. The number of aromatic nitrogens is 2. The molecule has 0 aliphatic carbocycles. The fraction of sp³-hybridized carbons (Fsp3) is 0.182. The van der Waals surface area contributed by atoms with Crippen molar-refractivity contribution in [1.29, 1.82) is 0 Å². The average molecular weight is 276 g/mol. The van der Waals surface area contributed by atoms with E-state index in [-0.39, 0.29) is 5.38 Å². The monoisotopic (exact) mass is 274 g/mol. The number of hydrogen-bond donors (Lipinski definition) is 0. The first-order chi connectivity index (χ1) is 7.66. The zero-order valence-corrected chi connectivity index (χ0v) is 10.5. The van der Waals surface area contributed by atoms with E-state index in [1.807, 2.05) is 16.8 Å². The highest BCUT2D eigenvalue weighted by atomic mass is 35.5. The SMILES string of the molecule is Clc1ccc([C@@H](Cl)Cn2ccnc2)c(Cl)c1. The summed E-state index contributed by atoms with van der Waals surface area (Å²) in [6.45, 7) is 0.628. The molecule has 2 nitrogen and oxygen atoms in total. The summed E-state index contributed by atoms with van der Waals surface area (Å²) < 4.78 is 1.91. The Bertz CT molecular complexity index is 468. The second-order valence-electron chi connectivity index (χ2n) is 3.39. The fourth-order valence-electron chi connectivity index (χ4n) is 1.43. The van der Waals surface area contributed by atoms with E-state index in [0.29, 0.717) is 16.6 Å². The summed E-state index contributed by atoms with van der Waals surface area (Å²) in [5, 5.41) is 1.01. The maximum Gasteiger partial charge on any atom is 0.0946 e. The molecule has 5 heteroatoms. The number of halogens is 3. The molecule has 0 saturated heterocycles. The van der Waals surface area contributed by atoms with Crippen LogP contribution < -0.4 is 0 Å². The van der Waals surface area contributed by atoms with E-state index in [9.17, 15) is 0 Å². The molecule has 0 unspecified atom stereocenters. The molecule has 2 rings (SSSR count). The second kappa shape index (κ2) is 5.09. The molecule has 0 amide bonds. The van der Waals surface area contributed by atoms with E-state index >= 15 is 0 Å². The van der Waals surface area contributed by atoms with Crippen LogP contribution in [0.4, 0.5) is 0 Å². The Balaban J connectivity index is 2.17. The van der Waals surface area contributed by atoms with E-state index in [1.54, 1.807) is 24.7 Å². The Labute approximate surface area is 109 Å². The summed E-state index contributed by atoms with van der Waals surface area (Å²) in [6.07, 6.45) is 5.30. The lowest BCUT2D eigenvalue weighted by Gasteiger charge is -2.12. The summed E-state index contributed by atoms with van der Waals surface area (Å²) in [4.78, 5) is 3.96. The maximum atomic E-state index is 6.28. The van der Waals surface area contributed by atoms with E-state index < -0.39 is 0 Å². The van der Waals surface area contributed by atoms with Crippen LogP contribution in [0.25, 0.3) is 0 Å². The van der Waals surface area contributed by atoms with Gasteiger partial charge >= 0.3 is 0 Å². The topological polar surface area (TPSA) is 17.8 Å². The molecule has 1 atom stereocenters. The van der Waals surface area contributed by atoms with E-state index in [1.165, 1.54) is 0 Å². The van der Waals surface area contributed by atoms with Crippen LogP contribution >= 0.6 is 34.8 Å². The molecule has 0 aliphatic rings. The Morgan fingerprint density at radius 2 is 2.12 bits per heavy atom. The van der Waals surface area contributed by atoms with Gasteiger partial charge in [-0.15, -0.1) is 11.6 Å². The van der Waals surface area contributed by atoms with E-state index in [0.717, 1.165) is 5.56 Å². The molecule has 1 heterocycles. The van der Waals surface area contributed by atoms with Crippen molar-refractivity contribution < 1.29 is 0 Å². The van der Waals surface area contributed by atoms with Gasteiger partial charge in [0.15, 0.2) is 0 Å². The van der Waals surface area contributed by atoms with Crippen molar-refractivity contribution in [2.45, 2.75) is 11.9 Å². The number of nitrogens with zero attached hydrogens (tertiary/aromatic N) is 2. The van der Waals surface area contributed by atoms with Gasteiger partial charge < -0.3 is 4.57 Å². The van der Waals surface area contributed by atoms with Crippen molar-refractivity contribution in [3.63, 3.8) is 0 Å². The third kappa shape index (κ3) is 2.70. The highest BCUT2D eigenvalue weighted by Crippen LogP contribution is 2.31. The van der Waals surface area contributed by atoms with Crippen molar-refractivity contribution in [3.8, 4) is 0 Å². The highest BCUT2D eigenvalue weighted by Gasteiger charge is 2.12. The highest BCUT2D eigenvalue weighted by molar-refractivity contribution is 6.35. The van der Waals surface area contributed by atoms with Crippen molar-refractivity contribution in [1.82, 2.24) is 9.55 Å². The fourth-order valence-corrected chi connectivity index (χ4v) is 2.38. The molecule has 0 N–H and O–H groups in total. The lowest BCUT2D eigenvalue weighted by Crippen LogP contribution is -2.02. The summed E-state index contributed by atoms with van der Waals surface area (Å²) >= 11 is 18.2. The minimum atomic E-state index is -0.195. The van der Waals surface area contributed by atoms with Gasteiger partial charge in [-0.2, -0.15) is 0 Å². The van der Waals surface area contributed by atoms with Gasteiger partial charge in [0.1, 0.15) is 0 Å². The lowest BCUT2D eigenvalue weighted by molar-refractivity contribution is 0.677. The van der Waals surface area contributed by atoms with Crippen LogP contribution in [-0.2, 0) is 6.54 Å². The Morgan fingerprint density at radius 1 is 1.31 bits per heavy atom. The van der Waals surface area contributed by atoms with Gasteiger partial charge in [-0.05, 0) is 17.7 Å². The predicted octanol–water partition coefficient (Wildman–Crippen LogP) is 4.17. The zero-order chi connectivity index (χ0) is 11.5. The van der Waals surface area contributed by atoms with Crippen molar-refractivity contribution in [3.05, 3.63) is 52.5 Å². The van der Waals surface area contributed by atoms with Crippen molar-refractivity contribution in [2.75, 3.05) is 0 Å². The van der Waals surface area contributed by atoms with E-state index in [4.69, 9.17) is 34.8 Å². The first-order valence-corrected chi connectivity index (χ1v) is 5.91. The molecule has 16 heavy (non-hydrogen) atoms. The first kappa shape index (κ1) is 11.8. The molecule has 1 aromatic carbocycles. The summed E-state index contributed by atoms with van der Waals surface area (Å²) in [5.41, 5.74) is 0.876. The van der Waals surface area contributed by atoms with Crippen LogP contribution in [0.1, 0.15) is 10.9 Å². The minimum Gasteiger partial charge on any atom is -0.336 e. The predicted molar refractivity (Wildman–Crippen MR) is 67.3 cm³/mol. The van der Waals surface area contributed by atoms with Crippen LogP contribution in [0.2, 0.25) is 10.0 Å². The lowest BCUT2D eigenvalue weighted by atomic mass is 10.1. The Morgan fingerprint density at radius 3 is 2.75 bits per heavy atom. The largest absolute Gasteiger partial charge is 0.336 e. The number of alkyl halides is 1. The number of benzene rings is 1. The number of imidazole rings is 1. The second-order valence-corrected chi connectivity index (χ2v) is 4.76. The minimum absolute atomic E-state index is 0.195. The van der Waals surface area contributed by atoms with Crippen molar-refractivity contribution in [2.24, 2.45) is 0 Å². The molecule has 0 spiro atoms. The van der Waals surface area contributed by atoms with Gasteiger partial charge in [-0.1, -0.05) is 29.3 Å². The van der Waals surface area contributed by atoms with Crippen LogP contribution in [0.15, 0.2) is 36.9 Å². The van der Waals surface area contributed by atoms with E-state index in [2.05, 4.69) is 4.98 Å². The van der Waals surface area contributed by atoms with Gasteiger partial charge in [0, 0.05) is 29.0 Å². The summed E-state index contributed by atoms with van der Waals surface area (Å²) in [5.74, 6) is 0. The Kier molecular flexibility index (Phi) is 3.74. The van der Waals surface area contributed by atoms with Crippen LogP contribution in [0, 0.1) is 0 Å².